The van der Waals surface area contributed by atoms with Crippen LogP contribution in [0.4, 0.5) is 8.78 Å². The van der Waals surface area contributed by atoms with Crippen molar-refractivity contribution in [2.75, 3.05) is 0 Å². The van der Waals surface area contributed by atoms with E-state index in [9.17, 15) is 8.78 Å². The van der Waals surface area contributed by atoms with Crippen LogP contribution in [0.15, 0.2) is 36.7 Å². The van der Waals surface area contributed by atoms with E-state index in [0.717, 1.165) is 0 Å². The topological polar surface area (TPSA) is 38.1 Å². The maximum absolute atomic E-state index is 12.5. The molecule has 1 aromatic heterocycles. The van der Waals surface area contributed by atoms with E-state index >= 15 is 0 Å². The number of aliphatic hydroxyl groups excluding tert-OH is 1. The molecule has 0 aliphatic carbocycles. The number of hydrogen-bond donors (Lipinski definition) is 1. The van der Waals surface area contributed by atoms with E-state index in [1.54, 1.807) is 22.9 Å². The number of hydrogen-bond acceptors (Lipinski definition) is 2. The van der Waals surface area contributed by atoms with Gasteiger partial charge in [0.15, 0.2) is 0 Å². The van der Waals surface area contributed by atoms with E-state index in [0.29, 0.717) is 11.5 Å². The number of halogens is 2. The SMILES string of the molecule is OCc1nccn1-c1cccc(C(F)F)c1. The summed E-state index contributed by atoms with van der Waals surface area (Å²) >= 11 is 0. The smallest absolute Gasteiger partial charge is 0.263 e. The standard InChI is InChI=1S/C11H10F2N2O/c12-11(13)8-2-1-3-9(6-8)15-5-4-14-10(15)7-16/h1-6,11,16H,7H2. The van der Waals surface area contributed by atoms with Crippen LogP contribution in [0, 0.1) is 0 Å². The molecule has 16 heavy (non-hydrogen) atoms. The third-order valence-electron chi connectivity index (χ3n) is 2.26. The zero-order valence-corrected chi connectivity index (χ0v) is 8.35. The Morgan fingerprint density at radius 3 is 2.88 bits per heavy atom. The molecule has 0 aliphatic heterocycles. The van der Waals surface area contributed by atoms with Crippen LogP contribution >= 0.6 is 0 Å². The largest absolute Gasteiger partial charge is 0.388 e. The fourth-order valence-electron chi connectivity index (χ4n) is 1.50. The molecule has 2 rings (SSSR count). The van der Waals surface area contributed by atoms with Gasteiger partial charge in [0, 0.05) is 23.6 Å². The average molecular weight is 224 g/mol. The average Bonchev–Trinajstić information content (AvgIpc) is 2.77. The summed E-state index contributed by atoms with van der Waals surface area (Å²) in [7, 11) is 0. The number of aromatic nitrogens is 2. The molecule has 0 fully saturated rings. The van der Waals surface area contributed by atoms with Crippen LogP contribution in [0.3, 0.4) is 0 Å². The summed E-state index contributed by atoms with van der Waals surface area (Å²) in [5.74, 6) is 0.423. The molecule has 84 valence electrons. The number of benzene rings is 1. The third kappa shape index (κ3) is 1.94. The monoisotopic (exact) mass is 224 g/mol. The van der Waals surface area contributed by atoms with Gasteiger partial charge in [-0.15, -0.1) is 0 Å². The highest BCUT2D eigenvalue weighted by Crippen LogP contribution is 2.21. The minimum Gasteiger partial charge on any atom is -0.388 e. The van der Waals surface area contributed by atoms with Gasteiger partial charge in [0.05, 0.1) is 0 Å². The van der Waals surface area contributed by atoms with Crippen LogP contribution in [-0.2, 0) is 6.61 Å². The summed E-state index contributed by atoms with van der Waals surface area (Å²) in [5.41, 5.74) is 0.523. The summed E-state index contributed by atoms with van der Waals surface area (Å²) in [4.78, 5) is 3.91. The summed E-state index contributed by atoms with van der Waals surface area (Å²) in [5, 5.41) is 9.02. The lowest BCUT2D eigenvalue weighted by Gasteiger charge is -2.07. The molecule has 0 saturated carbocycles. The fraction of sp³-hybridized carbons (Fsp3) is 0.182. The molecule has 0 spiro atoms. The molecule has 1 aromatic carbocycles. The van der Waals surface area contributed by atoms with E-state index in [1.807, 2.05) is 0 Å². The van der Waals surface area contributed by atoms with Gasteiger partial charge in [-0.1, -0.05) is 12.1 Å². The van der Waals surface area contributed by atoms with Crippen molar-refractivity contribution < 1.29 is 13.9 Å². The van der Waals surface area contributed by atoms with Gasteiger partial charge in [0.1, 0.15) is 12.4 Å². The van der Waals surface area contributed by atoms with Crippen molar-refractivity contribution in [1.82, 2.24) is 9.55 Å². The maximum atomic E-state index is 12.5. The first kappa shape index (κ1) is 10.8. The van der Waals surface area contributed by atoms with Gasteiger partial charge < -0.3 is 9.67 Å². The maximum Gasteiger partial charge on any atom is 0.263 e. The Labute approximate surface area is 91.0 Å². The number of nitrogens with zero attached hydrogens (tertiary/aromatic N) is 2. The second-order valence-corrected chi connectivity index (χ2v) is 3.27. The Bertz CT molecular complexity index is 482. The van der Waals surface area contributed by atoms with Crippen molar-refractivity contribution in [2.24, 2.45) is 0 Å². The van der Waals surface area contributed by atoms with E-state index in [1.165, 1.54) is 18.3 Å². The van der Waals surface area contributed by atoms with Crippen LogP contribution in [0.5, 0.6) is 0 Å². The molecule has 0 radical (unpaired) electrons. The summed E-state index contributed by atoms with van der Waals surface area (Å²) in [6.07, 6.45) is 0.637. The second-order valence-electron chi connectivity index (χ2n) is 3.27. The predicted octanol–water partition coefficient (Wildman–Crippen LogP) is 2.30. The first-order valence-electron chi connectivity index (χ1n) is 4.74. The Kier molecular flexibility index (Phi) is 2.96. The lowest BCUT2D eigenvalue weighted by atomic mass is 10.2. The molecular formula is C11H10F2N2O. The Balaban J connectivity index is 2.44. The van der Waals surface area contributed by atoms with Gasteiger partial charge in [-0.2, -0.15) is 0 Å². The lowest BCUT2D eigenvalue weighted by molar-refractivity contribution is 0.151. The molecule has 0 unspecified atom stereocenters. The van der Waals surface area contributed by atoms with Crippen molar-refractivity contribution in [3.63, 3.8) is 0 Å². The minimum atomic E-state index is -2.50. The van der Waals surface area contributed by atoms with E-state index < -0.39 is 6.43 Å². The number of rotatable bonds is 3. The van der Waals surface area contributed by atoms with Crippen molar-refractivity contribution in [2.45, 2.75) is 13.0 Å². The number of alkyl halides is 2. The van der Waals surface area contributed by atoms with Crippen LogP contribution in [-0.4, -0.2) is 14.7 Å². The molecule has 5 heteroatoms. The van der Waals surface area contributed by atoms with Gasteiger partial charge >= 0.3 is 0 Å². The predicted molar refractivity (Wildman–Crippen MR) is 54.4 cm³/mol. The molecule has 0 amide bonds. The highest BCUT2D eigenvalue weighted by Gasteiger charge is 2.09. The summed E-state index contributed by atoms with van der Waals surface area (Å²) in [6, 6.07) is 5.99. The van der Waals surface area contributed by atoms with Crippen LogP contribution in [0.2, 0.25) is 0 Å². The van der Waals surface area contributed by atoms with Crippen LogP contribution in [0.25, 0.3) is 5.69 Å². The molecule has 0 aliphatic rings. The first-order valence-corrected chi connectivity index (χ1v) is 4.74. The van der Waals surface area contributed by atoms with Gasteiger partial charge in [0.2, 0.25) is 0 Å². The van der Waals surface area contributed by atoms with Gasteiger partial charge in [-0.3, -0.25) is 0 Å². The molecule has 0 saturated heterocycles. The minimum absolute atomic E-state index is 0.0462. The Hall–Kier alpha value is -1.75. The van der Waals surface area contributed by atoms with Crippen molar-refractivity contribution in [3.8, 4) is 5.69 Å². The van der Waals surface area contributed by atoms with Crippen LogP contribution < -0.4 is 0 Å². The van der Waals surface area contributed by atoms with Gasteiger partial charge in [-0.05, 0) is 12.1 Å². The van der Waals surface area contributed by atoms with Crippen LogP contribution in [0.1, 0.15) is 17.8 Å². The van der Waals surface area contributed by atoms with Crippen molar-refractivity contribution in [1.29, 1.82) is 0 Å². The molecule has 1 heterocycles. The summed E-state index contributed by atoms with van der Waals surface area (Å²) in [6.45, 7) is -0.230. The highest BCUT2D eigenvalue weighted by molar-refractivity contribution is 5.37. The quantitative estimate of drug-likeness (QED) is 0.868. The zero-order valence-electron chi connectivity index (χ0n) is 8.35. The fourth-order valence-corrected chi connectivity index (χ4v) is 1.50. The highest BCUT2D eigenvalue weighted by atomic mass is 19.3. The van der Waals surface area contributed by atoms with Gasteiger partial charge in [0.25, 0.3) is 6.43 Å². The zero-order chi connectivity index (χ0) is 11.5. The van der Waals surface area contributed by atoms with Crippen molar-refractivity contribution >= 4 is 0 Å². The molecular weight excluding hydrogens is 214 g/mol. The molecule has 3 nitrogen and oxygen atoms in total. The first-order chi connectivity index (χ1) is 7.72. The Morgan fingerprint density at radius 2 is 2.19 bits per heavy atom. The Morgan fingerprint density at radius 1 is 1.38 bits per heavy atom. The molecule has 2 aromatic rings. The van der Waals surface area contributed by atoms with Crippen molar-refractivity contribution in [3.05, 3.63) is 48.0 Å². The molecule has 0 atom stereocenters. The molecule has 1 N–H and O–H groups in total. The van der Waals surface area contributed by atoms with Gasteiger partial charge in [-0.25, -0.2) is 13.8 Å². The third-order valence-corrected chi connectivity index (χ3v) is 2.26. The molecule has 0 bridgehead atoms. The second kappa shape index (κ2) is 4.40. The van der Waals surface area contributed by atoms with E-state index in [2.05, 4.69) is 4.98 Å². The number of aliphatic hydroxyl groups is 1. The normalized spacial score (nSPS) is 11.0. The number of imidazole rings is 1. The lowest BCUT2D eigenvalue weighted by Crippen LogP contribution is -2.00. The summed E-state index contributed by atoms with van der Waals surface area (Å²) < 4.78 is 26.6. The van der Waals surface area contributed by atoms with E-state index in [-0.39, 0.29) is 12.2 Å². The van der Waals surface area contributed by atoms with E-state index in [4.69, 9.17) is 5.11 Å².